The standard InChI is InChI=1S/C29H37FN4O4/c1-3-36-26-16-21(17-27(37-4-2)28(26)22-6-8-23(30)9-7-22)20-34-12-10-24(11-13-34)33-29-31-18-25(19-32-29)38-15-5-14-35/h6-9,16-19,24,35H,3-5,10-15,20H2,1-2H3,(H,31,32,33). The van der Waals surface area contributed by atoms with Crippen molar-refractivity contribution in [3.05, 3.63) is 60.2 Å². The molecule has 38 heavy (non-hydrogen) atoms. The SMILES string of the molecule is CCOc1cc(CN2CCC(Nc3ncc(OCCCO)cn3)CC2)cc(OCC)c1-c1ccc(F)cc1. The zero-order chi connectivity index (χ0) is 26.7. The van der Waals surface area contributed by atoms with E-state index in [1.54, 1.807) is 24.5 Å². The fourth-order valence-corrected chi connectivity index (χ4v) is 4.57. The Labute approximate surface area is 223 Å². The summed E-state index contributed by atoms with van der Waals surface area (Å²) in [5.41, 5.74) is 2.84. The Kier molecular flexibility index (Phi) is 10.1. The van der Waals surface area contributed by atoms with E-state index in [-0.39, 0.29) is 12.4 Å². The van der Waals surface area contributed by atoms with Gasteiger partial charge in [0.05, 0.1) is 37.8 Å². The summed E-state index contributed by atoms with van der Waals surface area (Å²) in [6.07, 6.45) is 5.84. The lowest BCUT2D eigenvalue weighted by molar-refractivity contribution is 0.210. The van der Waals surface area contributed by atoms with Crippen molar-refractivity contribution < 1.29 is 23.7 Å². The van der Waals surface area contributed by atoms with Crippen LogP contribution < -0.4 is 19.5 Å². The first-order chi connectivity index (χ1) is 18.6. The van der Waals surface area contributed by atoms with E-state index >= 15 is 0 Å². The lowest BCUT2D eigenvalue weighted by atomic mass is 9.99. The van der Waals surface area contributed by atoms with Gasteiger partial charge in [0.2, 0.25) is 5.95 Å². The molecule has 2 N–H and O–H groups in total. The molecule has 0 unspecified atom stereocenters. The van der Waals surface area contributed by atoms with Crippen LogP contribution in [0.25, 0.3) is 11.1 Å². The molecule has 1 saturated heterocycles. The average molecular weight is 525 g/mol. The number of nitrogens with zero attached hydrogens (tertiary/aromatic N) is 3. The van der Waals surface area contributed by atoms with Crippen molar-refractivity contribution in [3.63, 3.8) is 0 Å². The van der Waals surface area contributed by atoms with Crippen LogP contribution in [0.4, 0.5) is 10.3 Å². The molecule has 2 heterocycles. The van der Waals surface area contributed by atoms with Crippen molar-refractivity contribution >= 4 is 5.95 Å². The summed E-state index contributed by atoms with van der Waals surface area (Å²) in [5.74, 6) is 2.42. The molecule has 0 atom stereocenters. The van der Waals surface area contributed by atoms with E-state index in [2.05, 4.69) is 32.3 Å². The van der Waals surface area contributed by atoms with Crippen molar-refractivity contribution in [3.8, 4) is 28.4 Å². The van der Waals surface area contributed by atoms with E-state index in [1.807, 2.05) is 13.8 Å². The summed E-state index contributed by atoms with van der Waals surface area (Å²) in [7, 11) is 0. The molecular weight excluding hydrogens is 487 g/mol. The predicted molar refractivity (Wildman–Crippen MR) is 145 cm³/mol. The van der Waals surface area contributed by atoms with Gasteiger partial charge >= 0.3 is 0 Å². The molecule has 0 radical (unpaired) electrons. The van der Waals surface area contributed by atoms with E-state index in [0.29, 0.717) is 44.0 Å². The third-order valence-electron chi connectivity index (χ3n) is 6.38. The normalized spacial score (nSPS) is 14.3. The van der Waals surface area contributed by atoms with Gasteiger partial charge in [0, 0.05) is 38.7 Å². The summed E-state index contributed by atoms with van der Waals surface area (Å²) in [5, 5.41) is 12.3. The van der Waals surface area contributed by atoms with Gasteiger partial charge in [-0.3, -0.25) is 4.90 Å². The largest absolute Gasteiger partial charge is 0.493 e. The van der Waals surface area contributed by atoms with Crippen LogP contribution in [0.5, 0.6) is 17.2 Å². The van der Waals surface area contributed by atoms with Crippen LogP contribution in [0.2, 0.25) is 0 Å². The molecule has 1 aliphatic heterocycles. The lowest BCUT2D eigenvalue weighted by Gasteiger charge is -2.32. The molecule has 0 spiro atoms. The minimum atomic E-state index is -0.272. The van der Waals surface area contributed by atoms with E-state index in [1.165, 1.54) is 12.1 Å². The molecule has 1 aliphatic rings. The van der Waals surface area contributed by atoms with E-state index in [4.69, 9.17) is 19.3 Å². The number of benzene rings is 2. The van der Waals surface area contributed by atoms with Crippen LogP contribution in [0, 0.1) is 5.82 Å². The van der Waals surface area contributed by atoms with Crippen molar-refractivity contribution in [2.45, 2.75) is 45.7 Å². The molecule has 0 aliphatic carbocycles. The Morgan fingerprint density at radius 2 is 1.61 bits per heavy atom. The quantitative estimate of drug-likeness (QED) is 0.305. The fraction of sp³-hybridized carbons (Fsp3) is 0.448. The van der Waals surface area contributed by atoms with Crippen LogP contribution >= 0.6 is 0 Å². The zero-order valence-corrected chi connectivity index (χ0v) is 22.2. The first-order valence-corrected chi connectivity index (χ1v) is 13.3. The number of anilines is 1. The average Bonchev–Trinajstić information content (AvgIpc) is 2.92. The van der Waals surface area contributed by atoms with Gasteiger partial charge in [-0.05, 0) is 62.1 Å². The number of nitrogens with one attached hydrogen (secondary N) is 1. The Hall–Kier alpha value is -3.43. The molecule has 0 bridgehead atoms. The first-order valence-electron chi connectivity index (χ1n) is 13.3. The smallest absolute Gasteiger partial charge is 0.223 e. The van der Waals surface area contributed by atoms with Crippen LogP contribution in [-0.2, 0) is 6.54 Å². The zero-order valence-electron chi connectivity index (χ0n) is 22.2. The van der Waals surface area contributed by atoms with Gasteiger partial charge in [0.25, 0.3) is 0 Å². The molecule has 4 rings (SSSR count). The molecule has 1 fully saturated rings. The molecule has 0 amide bonds. The number of ether oxygens (including phenoxy) is 3. The minimum Gasteiger partial charge on any atom is -0.493 e. The second-order valence-electron chi connectivity index (χ2n) is 9.20. The number of halogens is 1. The third kappa shape index (κ3) is 7.55. The highest BCUT2D eigenvalue weighted by Gasteiger charge is 2.22. The van der Waals surface area contributed by atoms with Gasteiger partial charge < -0.3 is 24.6 Å². The summed E-state index contributed by atoms with van der Waals surface area (Å²) in [6.45, 7) is 8.17. The summed E-state index contributed by atoms with van der Waals surface area (Å²) in [4.78, 5) is 11.1. The summed E-state index contributed by atoms with van der Waals surface area (Å²) in [6, 6.07) is 10.9. The Morgan fingerprint density at radius 1 is 0.974 bits per heavy atom. The van der Waals surface area contributed by atoms with Gasteiger partial charge in [0.15, 0.2) is 5.75 Å². The number of hydrogen-bond acceptors (Lipinski definition) is 8. The molecule has 8 nitrogen and oxygen atoms in total. The van der Waals surface area contributed by atoms with Crippen LogP contribution in [0.3, 0.4) is 0 Å². The predicted octanol–water partition coefficient (Wildman–Crippen LogP) is 4.92. The molecule has 0 saturated carbocycles. The van der Waals surface area contributed by atoms with E-state index < -0.39 is 0 Å². The fourth-order valence-electron chi connectivity index (χ4n) is 4.57. The third-order valence-corrected chi connectivity index (χ3v) is 6.38. The van der Waals surface area contributed by atoms with Crippen LogP contribution in [-0.4, -0.2) is 65.5 Å². The Morgan fingerprint density at radius 3 is 2.18 bits per heavy atom. The Balaban J connectivity index is 1.38. The molecular formula is C29H37FN4O4. The van der Waals surface area contributed by atoms with Crippen molar-refractivity contribution in [1.82, 2.24) is 14.9 Å². The number of likely N-dealkylation sites (tertiary alicyclic amines) is 1. The van der Waals surface area contributed by atoms with Gasteiger partial charge in [0.1, 0.15) is 17.3 Å². The first kappa shape index (κ1) is 27.6. The van der Waals surface area contributed by atoms with Crippen LogP contribution in [0.1, 0.15) is 38.7 Å². The molecule has 9 heteroatoms. The second kappa shape index (κ2) is 13.9. The lowest BCUT2D eigenvalue weighted by Crippen LogP contribution is -2.39. The second-order valence-corrected chi connectivity index (χ2v) is 9.20. The highest BCUT2D eigenvalue weighted by atomic mass is 19.1. The number of aliphatic hydroxyl groups is 1. The molecule has 2 aromatic carbocycles. The van der Waals surface area contributed by atoms with Gasteiger partial charge in [-0.15, -0.1) is 0 Å². The highest BCUT2D eigenvalue weighted by molar-refractivity contribution is 5.77. The number of piperidine rings is 1. The maximum absolute atomic E-state index is 13.6. The number of aromatic nitrogens is 2. The van der Waals surface area contributed by atoms with Gasteiger partial charge in [-0.1, -0.05) is 12.1 Å². The van der Waals surface area contributed by atoms with Crippen molar-refractivity contribution in [2.24, 2.45) is 0 Å². The maximum Gasteiger partial charge on any atom is 0.223 e. The van der Waals surface area contributed by atoms with Crippen molar-refractivity contribution in [1.29, 1.82) is 0 Å². The minimum absolute atomic E-state index is 0.0991. The molecule has 1 aromatic heterocycles. The maximum atomic E-state index is 13.6. The number of aliphatic hydroxyl groups excluding tert-OH is 1. The van der Waals surface area contributed by atoms with Crippen LogP contribution in [0.15, 0.2) is 48.8 Å². The summed E-state index contributed by atoms with van der Waals surface area (Å²) >= 11 is 0. The molecule has 204 valence electrons. The monoisotopic (exact) mass is 524 g/mol. The van der Waals surface area contributed by atoms with E-state index in [9.17, 15) is 4.39 Å². The van der Waals surface area contributed by atoms with Gasteiger partial charge in [-0.25, -0.2) is 14.4 Å². The van der Waals surface area contributed by atoms with E-state index in [0.717, 1.165) is 60.7 Å². The Bertz CT molecular complexity index is 1110. The highest BCUT2D eigenvalue weighted by Crippen LogP contribution is 2.40. The van der Waals surface area contributed by atoms with Crippen molar-refractivity contribution in [2.75, 3.05) is 44.8 Å². The molecule has 3 aromatic rings. The van der Waals surface area contributed by atoms with Gasteiger partial charge in [-0.2, -0.15) is 0 Å². The summed E-state index contributed by atoms with van der Waals surface area (Å²) < 4.78 is 31.1. The number of rotatable bonds is 13. The number of hydrogen-bond donors (Lipinski definition) is 2. The topological polar surface area (TPSA) is 89.0 Å².